The third-order valence-corrected chi connectivity index (χ3v) is 6.35. The van der Waals surface area contributed by atoms with Gasteiger partial charge in [0.1, 0.15) is 11.5 Å². The molecule has 1 unspecified atom stereocenters. The van der Waals surface area contributed by atoms with E-state index in [1.54, 1.807) is 19.4 Å². The number of nitrogens with zero attached hydrogens (tertiary/aromatic N) is 1. The standard InChI is InChI=1S/C28H24N2O4/c1-3-17-12-14-18(15-13-17)30-25(20-9-5-7-11-23(20)34-2)24(27(32)28(30)33)26(31)21-16-29-22-10-6-4-8-19(21)22/h4-16,25,29,31H,3H2,1-2H3/b26-24+. The monoisotopic (exact) mass is 452 g/mol. The average molecular weight is 453 g/mol. The van der Waals surface area contributed by atoms with Gasteiger partial charge >= 0.3 is 0 Å². The summed E-state index contributed by atoms with van der Waals surface area (Å²) in [5.74, 6) is -1.13. The van der Waals surface area contributed by atoms with Crippen LogP contribution >= 0.6 is 0 Å². The Hall–Kier alpha value is -4.32. The van der Waals surface area contributed by atoms with Crippen LogP contribution in [0.15, 0.2) is 84.6 Å². The van der Waals surface area contributed by atoms with Crippen molar-refractivity contribution in [1.82, 2.24) is 4.98 Å². The fourth-order valence-electron chi connectivity index (χ4n) is 4.59. The minimum atomic E-state index is -0.850. The highest BCUT2D eigenvalue weighted by molar-refractivity contribution is 6.51. The van der Waals surface area contributed by atoms with Crippen molar-refractivity contribution in [3.8, 4) is 5.75 Å². The van der Waals surface area contributed by atoms with Gasteiger partial charge in [0.25, 0.3) is 11.7 Å². The van der Waals surface area contributed by atoms with Gasteiger partial charge in [-0.1, -0.05) is 55.5 Å². The Bertz CT molecular complexity index is 1430. The largest absolute Gasteiger partial charge is 0.507 e. The molecule has 2 N–H and O–H groups in total. The number of para-hydroxylation sites is 2. The van der Waals surface area contributed by atoms with Gasteiger partial charge in [0, 0.05) is 33.9 Å². The summed E-state index contributed by atoms with van der Waals surface area (Å²) >= 11 is 0. The number of amides is 1. The van der Waals surface area contributed by atoms with Crippen molar-refractivity contribution < 1.29 is 19.4 Å². The molecule has 1 aromatic heterocycles. The molecule has 1 amide bonds. The Kier molecular flexibility index (Phi) is 5.42. The summed E-state index contributed by atoms with van der Waals surface area (Å²) in [5.41, 5.74) is 3.63. The van der Waals surface area contributed by atoms with E-state index in [1.807, 2.05) is 66.7 Å². The lowest BCUT2D eigenvalue weighted by Crippen LogP contribution is -2.29. The first kappa shape index (κ1) is 21.5. The number of hydrogen-bond acceptors (Lipinski definition) is 4. The van der Waals surface area contributed by atoms with Gasteiger partial charge in [-0.25, -0.2) is 0 Å². The number of nitrogens with one attached hydrogen (secondary N) is 1. The number of carbonyl (C=O) groups is 2. The topological polar surface area (TPSA) is 82.6 Å². The Labute approximate surface area is 197 Å². The summed E-state index contributed by atoms with van der Waals surface area (Å²) in [6, 6.07) is 21.4. The SMILES string of the molecule is CCc1ccc(N2C(=O)C(=O)/C(=C(/O)c3c[nH]c4ccccc34)C2c2ccccc2OC)cc1. The van der Waals surface area contributed by atoms with Crippen LogP contribution in [0, 0.1) is 0 Å². The molecule has 6 heteroatoms. The van der Waals surface area contributed by atoms with Crippen LogP contribution in [0.2, 0.25) is 0 Å². The van der Waals surface area contributed by atoms with E-state index in [-0.39, 0.29) is 11.3 Å². The van der Waals surface area contributed by atoms with Crippen LogP contribution in [0.4, 0.5) is 5.69 Å². The second-order valence-corrected chi connectivity index (χ2v) is 8.18. The normalized spacial score (nSPS) is 17.5. The van der Waals surface area contributed by atoms with Crippen molar-refractivity contribution in [2.24, 2.45) is 0 Å². The molecule has 3 aromatic carbocycles. The molecule has 0 spiro atoms. The van der Waals surface area contributed by atoms with Crippen LogP contribution in [0.5, 0.6) is 5.75 Å². The van der Waals surface area contributed by atoms with Crippen molar-refractivity contribution in [1.29, 1.82) is 0 Å². The zero-order valence-corrected chi connectivity index (χ0v) is 18.9. The van der Waals surface area contributed by atoms with Crippen LogP contribution in [-0.4, -0.2) is 28.9 Å². The fraction of sp³-hybridized carbons (Fsp3) is 0.143. The van der Waals surface area contributed by atoms with Crippen molar-refractivity contribution in [3.05, 3.63) is 101 Å². The molecule has 170 valence electrons. The maximum absolute atomic E-state index is 13.4. The lowest BCUT2D eigenvalue weighted by atomic mass is 9.94. The van der Waals surface area contributed by atoms with E-state index in [1.165, 1.54) is 4.90 Å². The summed E-state index contributed by atoms with van der Waals surface area (Å²) in [7, 11) is 1.54. The average Bonchev–Trinajstić information content (AvgIpc) is 3.42. The highest BCUT2D eigenvalue weighted by Gasteiger charge is 2.48. The maximum Gasteiger partial charge on any atom is 0.300 e. The lowest BCUT2D eigenvalue weighted by Gasteiger charge is -2.26. The molecular formula is C28H24N2O4. The molecule has 6 nitrogen and oxygen atoms in total. The number of carbonyl (C=O) groups excluding carboxylic acids is 2. The summed E-state index contributed by atoms with van der Waals surface area (Å²) < 4.78 is 5.58. The number of aliphatic hydroxyl groups is 1. The van der Waals surface area contributed by atoms with Gasteiger partial charge in [-0.2, -0.15) is 0 Å². The van der Waals surface area contributed by atoms with Crippen LogP contribution in [0.25, 0.3) is 16.7 Å². The van der Waals surface area contributed by atoms with E-state index < -0.39 is 17.7 Å². The number of aromatic amines is 1. The number of H-pyrrole nitrogens is 1. The molecule has 0 bridgehead atoms. The van der Waals surface area contributed by atoms with E-state index in [4.69, 9.17) is 4.74 Å². The Morgan fingerprint density at radius 1 is 1.00 bits per heavy atom. The number of ketones is 1. The summed E-state index contributed by atoms with van der Waals surface area (Å²) in [6.07, 6.45) is 2.51. The number of Topliss-reactive ketones (excluding diaryl/α,β-unsaturated/α-hetero) is 1. The Morgan fingerprint density at radius 3 is 2.44 bits per heavy atom. The summed E-state index contributed by atoms with van der Waals surface area (Å²) in [4.78, 5) is 31.3. The van der Waals surface area contributed by atoms with Gasteiger partial charge < -0.3 is 14.8 Å². The van der Waals surface area contributed by atoms with E-state index in [0.717, 1.165) is 22.9 Å². The highest BCUT2D eigenvalue weighted by Crippen LogP contribution is 2.45. The fourth-order valence-corrected chi connectivity index (χ4v) is 4.59. The second-order valence-electron chi connectivity index (χ2n) is 8.18. The maximum atomic E-state index is 13.4. The molecular weight excluding hydrogens is 428 g/mol. The van der Waals surface area contributed by atoms with Crippen LogP contribution in [0.1, 0.15) is 29.7 Å². The number of methoxy groups -OCH3 is 1. The van der Waals surface area contributed by atoms with Gasteiger partial charge in [-0.05, 0) is 36.2 Å². The quantitative estimate of drug-likeness (QED) is 0.242. The molecule has 1 fully saturated rings. The second kappa shape index (κ2) is 8.56. The molecule has 2 heterocycles. The number of fused-ring (bicyclic) bond motifs is 1. The molecule has 34 heavy (non-hydrogen) atoms. The third kappa shape index (κ3) is 3.35. The van der Waals surface area contributed by atoms with Gasteiger partial charge in [0.05, 0.1) is 18.7 Å². The smallest absolute Gasteiger partial charge is 0.300 e. The lowest BCUT2D eigenvalue weighted by molar-refractivity contribution is -0.132. The molecule has 4 aromatic rings. The number of aromatic nitrogens is 1. The van der Waals surface area contributed by atoms with Crippen LogP contribution < -0.4 is 9.64 Å². The molecule has 1 atom stereocenters. The molecule has 0 aliphatic carbocycles. The first-order valence-corrected chi connectivity index (χ1v) is 11.1. The van der Waals surface area contributed by atoms with Crippen LogP contribution in [-0.2, 0) is 16.0 Å². The van der Waals surface area contributed by atoms with Gasteiger partial charge in [0.15, 0.2) is 0 Å². The molecule has 1 aliphatic heterocycles. The van der Waals surface area contributed by atoms with Gasteiger partial charge in [-0.3, -0.25) is 14.5 Å². The molecule has 1 saturated heterocycles. The zero-order chi connectivity index (χ0) is 23.8. The van der Waals surface area contributed by atoms with Crippen molar-refractivity contribution >= 4 is 34.0 Å². The van der Waals surface area contributed by atoms with E-state index >= 15 is 0 Å². The zero-order valence-electron chi connectivity index (χ0n) is 18.9. The Balaban J connectivity index is 1.76. The number of anilines is 1. The summed E-state index contributed by atoms with van der Waals surface area (Å²) in [5, 5.41) is 12.2. The van der Waals surface area contributed by atoms with Crippen molar-refractivity contribution in [2.75, 3.05) is 12.0 Å². The highest BCUT2D eigenvalue weighted by atomic mass is 16.5. The van der Waals surface area contributed by atoms with Gasteiger partial charge in [0.2, 0.25) is 0 Å². The predicted octanol–water partition coefficient (Wildman–Crippen LogP) is 5.37. The number of ether oxygens (including phenoxy) is 1. The Morgan fingerprint density at radius 2 is 1.71 bits per heavy atom. The van der Waals surface area contributed by atoms with E-state index in [2.05, 4.69) is 11.9 Å². The predicted molar refractivity (Wildman–Crippen MR) is 132 cm³/mol. The summed E-state index contributed by atoms with van der Waals surface area (Å²) in [6.45, 7) is 2.05. The first-order valence-electron chi connectivity index (χ1n) is 11.1. The number of benzene rings is 3. The van der Waals surface area contributed by atoms with E-state index in [0.29, 0.717) is 22.6 Å². The molecule has 0 saturated carbocycles. The minimum Gasteiger partial charge on any atom is -0.507 e. The van der Waals surface area contributed by atoms with Crippen molar-refractivity contribution in [3.63, 3.8) is 0 Å². The number of aryl methyl sites for hydroxylation is 1. The number of aliphatic hydroxyl groups excluding tert-OH is 1. The molecule has 5 rings (SSSR count). The van der Waals surface area contributed by atoms with Gasteiger partial charge in [-0.15, -0.1) is 0 Å². The van der Waals surface area contributed by atoms with Crippen LogP contribution in [0.3, 0.4) is 0 Å². The molecule has 0 radical (unpaired) electrons. The van der Waals surface area contributed by atoms with Crippen molar-refractivity contribution in [2.45, 2.75) is 19.4 Å². The third-order valence-electron chi connectivity index (χ3n) is 6.35. The minimum absolute atomic E-state index is 0.0267. The molecule has 1 aliphatic rings. The first-order chi connectivity index (χ1) is 16.5. The van der Waals surface area contributed by atoms with E-state index in [9.17, 15) is 14.7 Å². The number of hydrogen-bond donors (Lipinski definition) is 2. The number of rotatable bonds is 5.